The molecule has 0 bridgehead atoms. The van der Waals surface area contributed by atoms with E-state index in [4.69, 9.17) is 0 Å². The normalized spacial score (nSPS) is 12.1. The van der Waals surface area contributed by atoms with Crippen molar-refractivity contribution < 1.29 is 13.4 Å². The molecule has 0 aliphatic carbocycles. The van der Waals surface area contributed by atoms with Crippen molar-refractivity contribution in [2.24, 2.45) is 0 Å². The van der Waals surface area contributed by atoms with Crippen LogP contribution in [0, 0.1) is 12.7 Å². The van der Waals surface area contributed by atoms with Gasteiger partial charge in [0.15, 0.2) is 5.78 Å². The number of ketones is 1. The van der Waals surface area contributed by atoms with Gasteiger partial charge in [-0.2, -0.15) is 0 Å². The summed E-state index contributed by atoms with van der Waals surface area (Å²) in [6.07, 6.45) is 0. The molecule has 0 aliphatic heterocycles. The van der Waals surface area contributed by atoms with Crippen LogP contribution in [-0.2, 0) is 16.6 Å². The van der Waals surface area contributed by atoms with Gasteiger partial charge in [0.2, 0.25) is 0 Å². The molecule has 1 unspecified atom stereocenters. The van der Waals surface area contributed by atoms with Crippen LogP contribution in [0.2, 0.25) is 0 Å². The maximum atomic E-state index is 13.5. The standard InChI is InChI=1S/C16H15FO2S/c1-12-6-2-3-7-13(12)10-20(19)11-16(18)14-8-4-5-9-15(14)17/h2-9H,10-11H2,1H3. The van der Waals surface area contributed by atoms with E-state index in [1.165, 1.54) is 18.2 Å². The van der Waals surface area contributed by atoms with E-state index in [1.807, 2.05) is 31.2 Å². The fourth-order valence-corrected chi connectivity index (χ4v) is 3.13. The molecule has 0 heterocycles. The van der Waals surface area contributed by atoms with Crippen LogP contribution in [0.1, 0.15) is 21.5 Å². The van der Waals surface area contributed by atoms with Crippen LogP contribution >= 0.6 is 0 Å². The molecule has 2 aromatic rings. The van der Waals surface area contributed by atoms with E-state index < -0.39 is 22.4 Å². The number of hydrogen-bond donors (Lipinski definition) is 0. The third kappa shape index (κ3) is 3.61. The molecule has 2 rings (SSSR count). The summed E-state index contributed by atoms with van der Waals surface area (Å²) in [5, 5.41) is 0. The van der Waals surface area contributed by atoms with Crippen LogP contribution in [0.5, 0.6) is 0 Å². The van der Waals surface area contributed by atoms with Gasteiger partial charge in [0.1, 0.15) is 5.82 Å². The Hall–Kier alpha value is -1.81. The van der Waals surface area contributed by atoms with Crippen molar-refractivity contribution in [2.75, 3.05) is 5.75 Å². The highest BCUT2D eigenvalue weighted by Crippen LogP contribution is 2.12. The molecule has 0 radical (unpaired) electrons. The summed E-state index contributed by atoms with van der Waals surface area (Å²) in [6, 6.07) is 13.4. The highest BCUT2D eigenvalue weighted by Gasteiger charge is 2.15. The van der Waals surface area contributed by atoms with Crippen molar-refractivity contribution in [1.82, 2.24) is 0 Å². The first-order chi connectivity index (χ1) is 9.58. The Morgan fingerprint density at radius 2 is 1.75 bits per heavy atom. The Labute approximate surface area is 120 Å². The number of aryl methyl sites for hydroxylation is 1. The van der Waals surface area contributed by atoms with E-state index in [-0.39, 0.29) is 11.3 Å². The van der Waals surface area contributed by atoms with Crippen molar-refractivity contribution in [1.29, 1.82) is 0 Å². The zero-order valence-electron chi connectivity index (χ0n) is 11.1. The summed E-state index contributed by atoms with van der Waals surface area (Å²) >= 11 is 0. The molecule has 0 spiro atoms. The highest BCUT2D eigenvalue weighted by atomic mass is 32.2. The molecule has 104 valence electrons. The van der Waals surface area contributed by atoms with E-state index in [1.54, 1.807) is 6.07 Å². The molecule has 2 aromatic carbocycles. The first kappa shape index (κ1) is 14.6. The molecule has 4 heteroatoms. The molecule has 0 amide bonds. The van der Waals surface area contributed by atoms with E-state index in [0.29, 0.717) is 5.75 Å². The number of halogens is 1. The quantitative estimate of drug-likeness (QED) is 0.792. The zero-order valence-corrected chi connectivity index (χ0v) is 12.0. The fraction of sp³-hybridized carbons (Fsp3) is 0.188. The lowest BCUT2D eigenvalue weighted by Crippen LogP contribution is -2.14. The predicted molar refractivity (Wildman–Crippen MR) is 78.6 cm³/mol. The molecule has 0 saturated heterocycles. The number of carbonyl (C=O) groups excluding carboxylic acids is 1. The van der Waals surface area contributed by atoms with Crippen LogP contribution in [0.25, 0.3) is 0 Å². The molecular formula is C16H15FO2S. The van der Waals surface area contributed by atoms with Crippen LogP contribution in [0.4, 0.5) is 4.39 Å². The lowest BCUT2D eigenvalue weighted by molar-refractivity contribution is 0.101. The van der Waals surface area contributed by atoms with Crippen LogP contribution in [0.15, 0.2) is 48.5 Å². The minimum atomic E-state index is -1.34. The van der Waals surface area contributed by atoms with Crippen molar-refractivity contribution >= 4 is 16.6 Å². The van der Waals surface area contributed by atoms with Crippen molar-refractivity contribution in [3.05, 3.63) is 71.0 Å². The smallest absolute Gasteiger partial charge is 0.178 e. The summed E-state index contributed by atoms with van der Waals surface area (Å²) in [4.78, 5) is 11.9. The Balaban J connectivity index is 2.04. The lowest BCUT2D eigenvalue weighted by Gasteiger charge is -2.06. The van der Waals surface area contributed by atoms with Gasteiger partial charge in [0, 0.05) is 16.6 Å². The number of rotatable bonds is 5. The highest BCUT2D eigenvalue weighted by molar-refractivity contribution is 7.85. The number of Topliss-reactive ketones (excluding diaryl/α,β-unsaturated/α-hetero) is 1. The Morgan fingerprint density at radius 1 is 1.10 bits per heavy atom. The third-order valence-electron chi connectivity index (χ3n) is 3.04. The minimum Gasteiger partial charge on any atom is -0.293 e. The monoisotopic (exact) mass is 290 g/mol. The van der Waals surface area contributed by atoms with Gasteiger partial charge in [-0.25, -0.2) is 4.39 Å². The Morgan fingerprint density at radius 3 is 2.45 bits per heavy atom. The minimum absolute atomic E-state index is 0.00522. The molecule has 1 atom stereocenters. The fourth-order valence-electron chi connectivity index (χ4n) is 1.91. The molecule has 0 saturated carbocycles. The maximum Gasteiger partial charge on any atom is 0.178 e. The number of benzene rings is 2. The molecule has 0 aromatic heterocycles. The second-order valence-corrected chi connectivity index (χ2v) is 6.02. The average Bonchev–Trinajstić information content (AvgIpc) is 2.41. The molecule has 0 aliphatic rings. The molecule has 20 heavy (non-hydrogen) atoms. The van der Waals surface area contributed by atoms with E-state index in [9.17, 15) is 13.4 Å². The van der Waals surface area contributed by atoms with E-state index in [0.717, 1.165) is 11.1 Å². The Bertz CT molecular complexity index is 652. The van der Waals surface area contributed by atoms with Gasteiger partial charge in [0.05, 0.1) is 11.3 Å². The van der Waals surface area contributed by atoms with Gasteiger partial charge >= 0.3 is 0 Å². The van der Waals surface area contributed by atoms with Gasteiger partial charge < -0.3 is 0 Å². The van der Waals surface area contributed by atoms with Crippen LogP contribution in [-0.4, -0.2) is 15.7 Å². The summed E-state index contributed by atoms with van der Waals surface area (Å²) in [7, 11) is -1.34. The number of hydrogen-bond acceptors (Lipinski definition) is 2. The summed E-state index contributed by atoms with van der Waals surface area (Å²) in [5.41, 5.74) is 2.00. The first-order valence-corrected chi connectivity index (χ1v) is 7.74. The van der Waals surface area contributed by atoms with Crippen molar-refractivity contribution in [3.63, 3.8) is 0 Å². The maximum absolute atomic E-state index is 13.5. The molecule has 0 fully saturated rings. The van der Waals surface area contributed by atoms with E-state index in [2.05, 4.69) is 0 Å². The van der Waals surface area contributed by atoms with E-state index >= 15 is 0 Å². The summed E-state index contributed by atoms with van der Waals surface area (Å²) in [6.45, 7) is 1.94. The second kappa shape index (κ2) is 6.57. The van der Waals surface area contributed by atoms with Gasteiger partial charge in [-0.15, -0.1) is 0 Å². The molecule has 2 nitrogen and oxygen atoms in total. The van der Waals surface area contributed by atoms with Crippen molar-refractivity contribution in [3.8, 4) is 0 Å². The Kier molecular flexibility index (Phi) is 4.79. The lowest BCUT2D eigenvalue weighted by atomic mass is 10.1. The van der Waals surface area contributed by atoms with Gasteiger partial charge in [0.25, 0.3) is 0 Å². The summed E-state index contributed by atoms with van der Waals surface area (Å²) in [5.74, 6) is -0.831. The SMILES string of the molecule is Cc1ccccc1CS(=O)CC(=O)c1ccccc1F. The largest absolute Gasteiger partial charge is 0.293 e. The van der Waals surface area contributed by atoms with Gasteiger partial charge in [-0.3, -0.25) is 9.00 Å². The summed E-state index contributed by atoms with van der Waals surface area (Å²) < 4.78 is 25.5. The van der Waals surface area contributed by atoms with Crippen LogP contribution in [0.3, 0.4) is 0 Å². The molecular weight excluding hydrogens is 275 g/mol. The van der Waals surface area contributed by atoms with Gasteiger partial charge in [-0.1, -0.05) is 36.4 Å². The topological polar surface area (TPSA) is 34.1 Å². The van der Waals surface area contributed by atoms with Crippen molar-refractivity contribution in [2.45, 2.75) is 12.7 Å². The van der Waals surface area contributed by atoms with Gasteiger partial charge in [-0.05, 0) is 30.2 Å². The zero-order chi connectivity index (χ0) is 14.5. The predicted octanol–water partition coefficient (Wildman–Crippen LogP) is 3.27. The average molecular weight is 290 g/mol. The third-order valence-corrected chi connectivity index (χ3v) is 4.26. The number of carbonyl (C=O) groups is 1. The first-order valence-electron chi connectivity index (χ1n) is 6.25. The second-order valence-electron chi connectivity index (χ2n) is 4.56. The molecule has 0 N–H and O–H groups in total. The van der Waals surface area contributed by atoms with Crippen LogP contribution < -0.4 is 0 Å².